The molecule has 0 unspecified atom stereocenters. The minimum Gasteiger partial charge on any atom is -0.295 e. The molecule has 0 N–H and O–H groups in total. The van der Waals surface area contributed by atoms with E-state index in [0.29, 0.717) is 0 Å². The van der Waals surface area contributed by atoms with E-state index in [-0.39, 0.29) is 0 Å². The van der Waals surface area contributed by atoms with Crippen molar-refractivity contribution in [2.24, 2.45) is 0 Å². The molecule has 0 fully saturated rings. The minimum atomic E-state index is 0.994. The molecular formula is C44H28N6. The number of fused-ring (bicyclic) bond motifs is 10. The van der Waals surface area contributed by atoms with Gasteiger partial charge in [-0.1, -0.05) is 72.8 Å². The van der Waals surface area contributed by atoms with Gasteiger partial charge in [0.2, 0.25) is 0 Å². The molecule has 0 aliphatic carbocycles. The number of para-hydroxylation sites is 4. The van der Waals surface area contributed by atoms with Crippen LogP contribution < -0.4 is 0 Å². The van der Waals surface area contributed by atoms with Crippen molar-refractivity contribution in [3.8, 4) is 22.7 Å². The number of pyridine rings is 2. The van der Waals surface area contributed by atoms with Gasteiger partial charge < -0.3 is 0 Å². The Kier molecular flexibility index (Phi) is 5.57. The van der Waals surface area contributed by atoms with Gasteiger partial charge in [-0.2, -0.15) is 0 Å². The number of benzene rings is 5. The normalized spacial score (nSPS) is 12.0. The molecule has 6 heteroatoms. The van der Waals surface area contributed by atoms with Crippen LogP contribution in [0.5, 0.6) is 0 Å². The number of hydrogen-bond acceptors (Lipinski definition) is 2. The number of rotatable bonds is 4. The Hall–Kier alpha value is -6.92. The summed E-state index contributed by atoms with van der Waals surface area (Å²) in [5.41, 5.74) is 13.0. The zero-order chi connectivity index (χ0) is 32.8. The molecule has 0 spiro atoms. The van der Waals surface area contributed by atoms with Crippen LogP contribution in [-0.2, 0) is 0 Å². The second kappa shape index (κ2) is 10.3. The highest BCUT2D eigenvalue weighted by molar-refractivity contribution is 6.22. The third-order valence-electron chi connectivity index (χ3n) is 10.0. The fourth-order valence-electron chi connectivity index (χ4n) is 8.06. The number of aromatic nitrogens is 6. The summed E-state index contributed by atoms with van der Waals surface area (Å²) in [5.74, 6) is 0. The van der Waals surface area contributed by atoms with E-state index < -0.39 is 0 Å². The first-order chi connectivity index (χ1) is 24.9. The molecule has 0 saturated carbocycles. The van der Waals surface area contributed by atoms with Gasteiger partial charge in [-0.3, -0.25) is 28.2 Å². The van der Waals surface area contributed by atoms with Crippen LogP contribution in [0.3, 0.4) is 0 Å². The van der Waals surface area contributed by atoms with Crippen LogP contribution in [0.15, 0.2) is 170 Å². The van der Waals surface area contributed by atoms with Crippen LogP contribution >= 0.6 is 0 Å². The Labute approximate surface area is 286 Å². The summed E-state index contributed by atoms with van der Waals surface area (Å²) in [6.07, 6.45) is 3.79. The van der Waals surface area contributed by atoms with Crippen molar-refractivity contribution >= 4 is 65.9 Å². The molecular weight excluding hydrogens is 613 g/mol. The first-order valence-electron chi connectivity index (χ1n) is 16.9. The highest BCUT2D eigenvalue weighted by Crippen LogP contribution is 2.42. The Morgan fingerprint density at radius 2 is 0.640 bits per heavy atom. The Morgan fingerprint density at radius 3 is 1.08 bits per heavy atom. The Bertz CT molecular complexity index is 2860. The van der Waals surface area contributed by atoms with Crippen molar-refractivity contribution in [1.29, 1.82) is 0 Å². The third kappa shape index (κ3) is 3.62. The van der Waals surface area contributed by atoms with E-state index in [2.05, 4.69) is 164 Å². The van der Waals surface area contributed by atoms with E-state index in [0.717, 1.165) is 77.9 Å². The highest BCUT2D eigenvalue weighted by Gasteiger charge is 2.24. The summed E-state index contributed by atoms with van der Waals surface area (Å²) in [6, 6.07) is 55.8. The third-order valence-corrected chi connectivity index (χ3v) is 10.0. The molecule has 5 aromatic carbocycles. The second-order valence-electron chi connectivity index (χ2n) is 12.7. The van der Waals surface area contributed by atoms with E-state index in [9.17, 15) is 0 Å². The largest absolute Gasteiger partial charge is 0.295 e. The van der Waals surface area contributed by atoms with E-state index in [1.54, 1.807) is 0 Å². The number of nitrogens with zero attached hydrogens (tertiary/aromatic N) is 6. The predicted octanol–water partition coefficient (Wildman–Crippen LogP) is 10.6. The van der Waals surface area contributed by atoms with Crippen molar-refractivity contribution in [1.82, 2.24) is 28.2 Å². The molecule has 0 amide bonds. The summed E-state index contributed by atoms with van der Waals surface area (Å²) in [7, 11) is 0. The Morgan fingerprint density at radius 1 is 0.300 bits per heavy atom. The van der Waals surface area contributed by atoms with Crippen LogP contribution in [0.25, 0.3) is 88.7 Å². The van der Waals surface area contributed by atoms with Crippen molar-refractivity contribution in [2.45, 2.75) is 0 Å². The molecule has 50 heavy (non-hydrogen) atoms. The lowest BCUT2D eigenvalue weighted by molar-refractivity contribution is 1.05. The molecule has 0 saturated heterocycles. The quantitative estimate of drug-likeness (QED) is 0.192. The summed E-state index contributed by atoms with van der Waals surface area (Å²) in [4.78, 5) is 9.90. The van der Waals surface area contributed by atoms with Gasteiger partial charge in [-0.15, -0.1) is 0 Å². The fraction of sp³-hybridized carbons (Fsp3) is 0. The molecule has 0 radical (unpaired) electrons. The van der Waals surface area contributed by atoms with Crippen molar-refractivity contribution in [3.05, 3.63) is 170 Å². The van der Waals surface area contributed by atoms with Gasteiger partial charge in [-0.25, -0.2) is 0 Å². The summed E-state index contributed by atoms with van der Waals surface area (Å²) >= 11 is 0. The van der Waals surface area contributed by atoms with Crippen LogP contribution in [0, 0.1) is 0 Å². The van der Waals surface area contributed by atoms with Gasteiger partial charge >= 0.3 is 0 Å². The number of hydrogen-bond donors (Lipinski definition) is 0. The average molecular weight is 641 g/mol. The van der Waals surface area contributed by atoms with E-state index in [4.69, 9.17) is 9.97 Å². The maximum absolute atomic E-state index is 4.95. The smallest absolute Gasteiger partial charge is 0.133 e. The van der Waals surface area contributed by atoms with Gasteiger partial charge in [0.05, 0.1) is 43.9 Å². The maximum Gasteiger partial charge on any atom is 0.133 e. The molecule has 6 heterocycles. The molecule has 234 valence electrons. The van der Waals surface area contributed by atoms with Crippen LogP contribution in [0.4, 0.5) is 0 Å². The van der Waals surface area contributed by atoms with Gasteiger partial charge in [0.15, 0.2) is 0 Å². The van der Waals surface area contributed by atoms with Gasteiger partial charge in [0.1, 0.15) is 11.3 Å². The molecule has 11 aromatic rings. The molecule has 6 aromatic heterocycles. The van der Waals surface area contributed by atoms with Gasteiger partial charge in [-0.05, 0) is 84.9 Å². The maximum atomic E-state index is 4.95. The lowest BCUT2D eigenvalue weighted by Crippen LogP contribution is -2.03. The van der Waals surface area contributed by atoms with Crippen molar-refractivity contribution < 1.29 is 0 Å². The molecule has 0 bridgehead atoms. The Balaban J connectivity index is 1.21. The van der Waals surface area contributed by atoms with E-state index >= 15 is 0 Å². The predicted molar refractivity (Wildman–Crippen MR) is 204 cm³/mol. The molecule has 0 aliphatic rings. The molecule has 0 atom stereocenters. The van der Waals surface area contributed by atoms with Crippen molar-refractivity contribution in [3.63, 3.8) is 0 Å². The molecule has 6 nitrogen and oxygen atoms in total. The first kappa shape index (κ1) is 27.1. The monoisotopic (exact) mass is 640 g/mol. The fourth-order valence-corrected chi connectivity index (χ4v) is 8.06. The summed E-state index contributed by atoms with van der Waals surface area (Å²) < 4.78 is 9.46. The average Bonchev–Trinajstić information content (AvgIpc) is 3.90. The van der Waals surface area contributed by atoms with Crippen LogP contribution in [-0.4, -0.2) is 28.2 Å². The summed E-state index contributed by atoms with van der Waals surface area (Å²) in [5, 5.41) is 4.68. The van der Waals surface area contributed by atoms with E-state index in [1.807, 2.05) is 24.5 Å². The first-order valence-corrected chi connectivity index (χ1v) is 16.9. The zero-order valence-corrected chi connectivity index (χ0v) is 26.8. The van der Waals surface area contributed by atoms with Gasteiger partial charge in [0, 0.05) is 45.9 Å². The van der Waals surface area contributed by atoms with Gasteiger partial charge in [0.25, 0.3) is 0 Å². The second-order valence-corrected chi connectivity index (χ2v) is 12.7. The van der Waals surface area contributed by atoms with Crippen molar-refractivity contribution in [2.75, 3.05) is 0 Å². The topological polar surface area (TPSA) is 45.5 Å². The SMILES string of the molecule is c1ccc(-n2c3ccccc3c3c4ncccc4n(-c4ccc(-n5c6cccnc6c6c7ccccc7n(-c7ccccc7)c65)cc4)c32)cc1. The zero-order valence-electron chi connectivity index (χ0n) is 26.8. The standard InChI is InChI=1S/C44H28N6/c1-3-13-29(14-4-1)47-35-19-9-7-17-33(35)39-41-37(21-11-27-45-41)49(43(39)47)31-23-25-32(26-24-31)50-38-22-12-28-46-42(38)40-34-18-8-10-20-36(34)48(44(40)50)30-15-5-2-6-16-30/h1-28H. The lowest BCUT2D eigenvalue weighted by atomic mass is 10.2. The van der Waals surface area contributed by atoms with Crippen LogP contribution in [0.2, 0.25) is 0 Å². The minimum absolute atomic E-state index is 0.994. The van der Waals surface area contributed by atoms with E-state index in [1.165, 1.54) is 10.8 Å². The summed E-state index contributed by atoms with van der Waals surface area (Å²) in [6.45, 7) is 0. The molecule has 0 aliphatic heterocycles. The lowest BCUT2D eigenvalue weighted by Gasteiger charge is -2.15. The highest BCUT2D eigenvalue weighted by atomic mass is 15.2. The van der Waals surface area contributed by atoms with Crippen LogP contribution in [0.1, 0.15) is 0 Å². The molecule has 11 rings (SSSR count).